The van der Waals surface area contributed by atoms with Crippen LogP contribution in [0.1, 0.15) is 28.9 Å². The van der Waals surface area contributed by atoms with Gasteiger partial charge in [0.15, 0.2) is 0 Å². The van der Waals surface area contributed by atoms with Crippen LogP contribution in [0.4, 0.5) is 4.39 Å². The lowest BCUT2D eigenvalue weighted by Crippen LogP contribution is -2.37. The molecule has 2 aromatic rings. The second-order valence-electron chi connectivity index (χ2n) is 5.32. The molecular formula is C16H17FN2O2S. The zero-order valence-corrected chi connectivity index (χ0v) is 12.9. The molecule has 1 atom stereocenters. The molecule has 116 valence electrons. The molecule has 0 aliphatic carbocycles. The van der Waals surface area contributed by atoms with E-state index in [2.05, 4.69) is 4.98 Å². The first-order valence-electron chi connectivity index (χ1n) is 7.26. The summed E-state index contributed by atoms with van der Waals surface area (Å²) in [6, 6.07) is 6.33. The Morgan fingerprint density at radius 2 is 2.41 bits per heavy atom. The van der Waals surface area contributed by atoms with Crippen molar-refractivity contribution in [3.63, 3.8) is 0 Å². The van der Waals surface area contributed by atoms with Crippen LogP contribution in [-0.4, -0.2) is 35.0 Å². The van der Waals surface area contributed by atoms with Crippen LogP contribution in [0.2, 0.25) is 0 Å². The molecule has 1 aliphatic heterocycles. The molecule has 4 nitrogen and oxygen atoms in total. The third-order valence-electron chi connectivity index (χ3n) is 3.65. The molecule has 1 saturated heterocycles. The number of thiazole rings is 1. The first-order valence-corrected chi connectivity index (χ1v) is 8.20. The Morgan fingerprint density at radius 1 is 1.50 bits per heavy atom. The number of carbonyl (C=O) groups is 1. The zero-order chi connectivity index (χ0) is 15.4. The monoisotopic (exact) mass is 320 g/mol. The molecule has 1 aromatic carbocycles. The SMILES string of the molecule is O=C(c1cscn1)N(Cc1cccc(F)c1)CC1CCCO1. The van der Waals surface area contributed by atoms with Gasteiger partial charge in [-0.05, 0) is 30.5 Å². The Balaban J connectivity index is 1.77. The summed E-state index contributed by atoms with van der Waals surface area (Å²) in [6.45, 7) is 1.60. The van der Waals surface area contributed by atoms with E-state index in [1.165, 1.54) is 23.5 Å². The minimum Gasteiger partial charge on any atom is -0.376 e. The predicted octanol–water partition coefficient (Wildman–Crippen LogP) is 3.10. The maximum absolute atomic E-state index is 13.4. The van der Waals surface area contributed by atoms with Gasteiger partial charge in [0.05, 0.1) is 11.6 Å². The van der Waals surface area contributed by atoms with Gasteiger partial charge in [-0.15, -0.1) is 11.3 Å². The van der Waals surface area contributed by atoms with E-state index in [4.69, 9.17) is 4.74 Å². The highest BCUT2D eigenvalue weighted by molar-refractivity contribution is 7.07. The first kappa shape index (κ1) is 15.1. The molecule has 1 fully saturated rings. The predicted molar refractivity (Wildman–Crippen MR) is 82.2 cm³/mol. The van der Waals surface area contributed by atoms with Crippen LogP contribution in [0, 0.1) is 5.82 Å². The molecule has 6 heteroatoms. The molecule has 1 amide bonds. The van der Waals surface area contributed by atoms with Crippen molar-refractivity contribution in [2.45, 2.75) is 25.5 Å². The molecule has 1 aromatic heterocycles. The summed E-state index contributed by atoms with van der Waals surface area (Å²) >= 11 is 1.39. The molecule has 0 spiro atoms. The zero-order valence-electron chi connectivity index (χ0n) is 12.1. The molecule has 0 saturated carbocycles. The minimum atomic E-state index is -0.296. The van der Waals surface area contributed by atoms with Crippen LogP contribution >= 0.6 is 11.3 Å². The maximum Gasteiger partial charge on any atom is 0.273 e. The number of hydrogen-bond donors (Lipinski definition) is 0. The number of carbonyl (C=O) groups excluding carboxylic acids is 1. The Morgan fingerprint density at radius 3 is 3.09 bits per heavy atom. The molecular weight excluding hydrogens is 303 g/mol. The largest absolute Gasteiger partial charge is 0.376 e. The Labute approximate surface area is 132 Å². The van der Waals surface area contributed by atoms with Gasteiger partial charge >= 0.3 is 0 Å². The van der Waals surface area contributed by atoms with Crippen LogP contribution in [0.5, 0.6) is 0 Å². The standard InChI is InChI=1S/C16H17FN2O2S/c17-13-4-1-3-12(7-13)8-19(9-14-5-2-6-21-14)16(20)15-10-22-11-18-15/h1,3-4,7,10-11,14H,2,5-6,8-9H2. The Hall–Kier alpha value is -1.79. The summed E-state index contributed by atoms with van der Waals surface area (Å²) in [6.07, 6.45) is 2.02. The van der Waals surface area contributed by atoms with E-state index in [9.17, 15) is 9.18 Å². The lowest BCUT2D eigenvalue weighted by atomic mass is 10.1. The topological polar surface area (TPSA) is 42.4 Å². The summed E-state index contributed by atoms with van der Waals surface area (Å²) in [5.41, 5.74) is 2.83. The van der Waals surface area contributed by atoms with Crippen LogP contribution in [0.3, 0.4) is 0 Å². The van der Waals surface area contributed by atoms with Gasteiger partial charge in [-0.3, -0.25) is 4.79 Å². The second-order valence-corrected chi connectivity index (χ2v) is 6.04. The van der Waals surface area contributed by atoms with Crippen molar-refractivity contribution in [3.8, 4) is 0 Å². The molecule has 3 rings (SSSR count). The van der Waals surface area contributed by atoms with Crippen molar-refractivity contribution in [1.82, 2.24) is 9.88 Å². The van der Waals surface area contributed by atoms with E-state index in [0.29, 0.717) is 18.8 Å². The van der Waals surface area contributed by atoms with E-state index in [0.717, 1.165) is 25.0 Å². The summed E-state index contributed by atoms with van der Waals surface area (Å²) in [5, 5.41) is 1.73. The Bertz CT molecular complexity index is 627. The lowest BCUT2D eigenvalue weighted by Gasteiger charge is -2.25. The number of nitrogens with zero attached hydrogens (tertiary/aromatic N) is 2. The van der Waals surface area contributed by atoms with Crippen molar-refractivity contribution in [2.75, 3.05) is 13.2 Å². The molecule has 1 unspecified atom stereocenters. The van der Waals surface area contributed by atoms with Gasteiger partial charge < -0.3 is 9.64 Å². The summed E-state index contributed by atoms with van der Waals surface area (Å²) in [4.78, 5) is 18.4. The number of halogens is 1. The van der Waals surface area contributed by atoms with Gasteiger partial charge in [-0.25, -0.2) is 9.37 Å². The Kier molecular flexibility index (Phi) is 4.80. The molecule has 2 heterocycles. The quantitative estimate of drug-likeness (QED) is 0.850. The fourth-order valence-electron chi connectivity index (χ4n) is 2.59. The van der Waals surface area contributed by atoms with E-state index >= 15 is 0 Å². The number of benzene rings is 1. The highest BCUT2D eigenvalue weighted by atomic mass is 32.1. The van der Waals surface area contributed by atoms with Gasteiger partial charge in [-0.1, -0.05) is 12.1 Å². The molecule has 0 radical (unpaired) electrons. The number of hydrogen-bond acceptors (Lipinski definition) is 4. The van der Waals surface area contributed by atoms with Crippen molar-refractivity contribution in [3.05, 3.63) is 52.2 Å². The van der Waals surface area contributed by atoms with Crippen molar-refractivity contribution in [2.24, 2.45) is 0 Å². The van der Waals surface area contributed by atoms with Crippen molar-refractivity contribution >= 4 is 17.2 Å². The molecule has 22 heavy (non-hydrogen) atoms. The van der Waals surface area contributed by atoms with Crippen LogP contribution in [-0.2, 0) is 11.3 Å². The maximum atomic E-state index is 13.4. The smallest absolute Gasteiger partial charge is 0.273 e. The summed E-state index contributed by atoms with van der Waals surface area (Å²) in [7, 11) is 0. The minimum absolute atomic E-state index is 0.0520. The van der Waals surface area contributed by atoms with Crippen molar-refractivity contribution in [1.29, 1.82) is 0 Å². The highest BCUT2D eigenvalue weighted by Gasteiger charge is 2.24. The third kappa shape index (κ3) is 3.69. The van der Waals surface area contributed by atoms with Gasteiger partial charge in [-0.2, -0.15) is 0 Å². The average Bonchev–Trinajstić information content (AvgIpc) is 3.19. The van der Waals surface area contributed by atoms with E-state index in [-0.39, 0.29) is 17.8 Å². The van der Waals surface area contributed by atoms with E-state index < -0.39 is 0 Å². The van der Waals surface area contributed by atoms with Gasteiger partial charge in [0, 0.05) is 25.1 Å². The number of rotatable bonds is 5. The van der Waals surface area contributed by atoms with Gasteiger partial charge in [0.25, 0.3) is 5.91 Å². The number of amides is 1. The average molecular weight is 320 g/mol. The molecule has 1 aliphatic rings. The second kappa shape index (κ2) is 6.98. The number of aromatic nitrogens is 1. The van der Waals surface area contributed by atoms with Gasteiger partial charge in [0.1, 0.15) is 11.5 Å². The normalized spacial score (nSPS) is 17.6. The van der Waals surface area contributed by atoms with E-state index in [1.54, 1.807) is 21.9 Å². The highest BCUT2D eigenvalue weighted by Crippen LogP contribution is 2.17. The summed E-state index contributed by atoms with van der Waals surface area (Å²) < 4.78 is 19.0. The molecule has 0 bridgehead atoms. The van der Waals surface area contributed by atoms with Crippen molar-refractivity contribution < 1.29 is 13.9 Å². The fraction of sp³-hybridized carbons (Fsp3) is 0.375. The fourth-order valence-corrected chi connectivity index (χ4v) is 3.12. The van der Waals surface area contributed by atoms with Crippen LogP contribution in [0.25, 0.3) is 0 Å². The molecule has 0 N–H and O–H groups in total. The van der Waals surface area contributed by atoms with E-state index in [1.807, 2.05) is 6.07 Å². The number of ether oxygens (including phenoxy) is 1. The summed E-state index contributed by atoms with van der Waals surface area (Å²) in [5.74, 6) is -0.434. The van der Waals surface area contributed by atoms with Crippen LogP contribution in [0.15, 0.2) is 35.2 Å². The first-order chi connectivity index (χ1) is 10.7. The lowest BCUT2D eigenvalue weighted by molar-refractivity contribution is 0.0503. The van der Waals surface area contributed by atoms with Crippen LogP contribution < -0.4 is 0 Å². The van der Waals surface area contributed by atoms with Gasteiger partial charge in [0.2, 0.25) is 0 Å². The third-order valence-corrected chi connectivity index (χ3v) is 4.24.